The summed E-state index contributed by atoms with van der Waals surface area (Å²) in [5.41, 5.74) is -0.158. The van der Waals surface area contributed by atoms with E-state index in [0.29, 0.717) is 12.2 Å². The molecule has 0 unspecified atom stereocenters. The van der Waals surface area contributed by atoms with Crippen LogP contribution in [0.5, 0.6) is 5.75 Å². The van der Waals surface area contributed by atoms with Crippen molar-refractivity contribution in [1.29, 1.82) is 0 Å². The second kappa shape index (κ2) is 9.64. The molecule has 0 saturated heterocycles. The fraction of sp³-hybridized carbons (Fsp3) is 0.529. The number of rotatable bonds is 10. The highest BCUT2D eigenvalue weighted by molar-refractivity contribution is 5.79. The number of carbonyl (C=O) groups excluding carboxylic acids is 2. The van der Waals surface area contributed by atoms with E-state index in [1.54, 1.807) is 0 Å². The third-order valence-corrected chi connectivity index (χ3v) is 3.50. The first-order chi connectivity index (χ1) is 11.3. The van der Waals surface area contributed by atoms with Crippen molar-refractivity contribution >= 4 is 17.9 Å². The lowest BCUT2D eigenvalue weighted by Crippen LogP contribution is -2.36. The van der Waals surface area contributed by atoms with Gasteiger partial charge in [0.1, 0.15) is 6.29 Å². The molecule has 1 N–H and O–H groups in total. The number of nitro benzene ring substituents is 1. The summed E-state index contributed by atoms with van der Waals surface area (Å²) in [4.78, 5) is 32.9. The summed E-state index contributed by atoms with van der Waals surface area (Å²) in [6.07, 6.45) is 3.52. The molecule has 0 aliphatic heterocycles. The van der Waals surface area contributed by atoms with Crippen LogP contribution in [0.25, 0.3) is 0 Å². The molecule has 132 valence electrons. The summed E-state index contributed by atoms with van der Waals surface area (Å²) in [6.45, 7) is 5.91. The van der Waals surface area contributed by atoms with Crippen LogP contribution in [0.2, 0.25) is 0 Å². The fourth-order valence-corrected chi connectivity index (χ4v) is 2.24. The molecule has 7 nitrogen and oxygen atoms in total. The van der Waals surface area contributed by atoms with Crippen LogP contribution in [-0.4, -0.2) is 29.8 Å². The minimum absolute atomic E-state index is 0.0206. The highest BCUT2D eigenvalue weighted by Crippen LogP contribution is 2.27. The molecule has 1 aromatic rings. The van der Waals surface area contributed by atoms with Crippen LogP contribution in [0.4, 0.5) is 5.69 Å². The summed E-state index contributed by atoms with van der Waals surface area (Å²) >= 11 is 0. The van der Waals surface area contributed by atoms with E-state index in [1.807, 2.05) is 6.92 Å². The molecule has 1 aromatic carbocycles. The van der Waals surface area contributed by atoms with E-state index in [1.165, 1.54) is 12.1 Å². The van der Waals surface area contributed by atoms with Crippen LogP contribution in [0.3, 0.4) is 0 Å². The van der Waals surface area contributed by atoms with Gasteiger partial charge in [0, 0.05) is 17.7 Å². The second-order valence-corrected chi connectivity index (χ2v) is 6.18. The third-order valence-electron chi connectivity index (χ3n) is 3.50. The molecule has 0 bridgehead atoms. The van der Waals surface area contributed by atoms with Gasteiger partial charge in [0.25, 0.3) is 5.91 Å². The molecule has 0 aromatic heterocycles. The van der Waals surface area contributed by atoms with E-state index in [-0.39, 0.29) is 35.6 Å². The molecule has 0 aliphatic rings. The Labute approximate surface area is 141 Å². The zero-order valence-corrected chi connectivity index (χ0v) is 14.3. The number of hydrogen-bond acceptors (Lipinski definition) is 5. The minimum atomic E-state index is -0.644. The predicted octanol–water partition coefficient (Wildman–Crippen LogP) is 3.12. The SMILES string of the molecule is CC(C)CCC[C@@H](C)NC(=O)COc1ccc(C=O)cc1[N+](=O)[O-]. The smallest absolute Gasteiger partial charge is 0.311 e. The summed E-state index contributed by atoms with van der Waals surface area (Å²) in [5, 5.41) is 13.8. The highest BCUT2D eigenvalue weighted by atomic mass is 16.6. The maximum absolute atomic E-state index is 11.9. The molecular weight excluding hydrogens is 312 g/mol. The molecule has 0 spiro atoms. The van der Waals surface area contributed by atoms with Gasteiger partial charge in [-0.25, -0.2) is 0 Å². The zero-order chi connectivity index (χ0) is 18.1. The van der Waals surface area contributed by atoms with Gasteiger partial charge in [-0.15, -0.1) is 0 Å². The standard InChI is InChI=1S/C17H24N2O5/c1-12(2)5-4-6-13(3)18-17(21)11-24-16-8-7-14(10-20)9-15(16)19(22)23/h7-10,12-13H,4-6,11H2,1-3H3,(H,18,21)/t13-/m1/s1. The number of aldehydes is 1. The lowest BCUT2D eigenvalue weighted by Gasteiger charge is -2.15. The molecule has 0 saturated carbocycles. The Kier molecular flexibility index (Phi) is 7.88. The van der Waals surface area contributed by atoms with Crippen LogP contribution in [0.1, 0.15) is 50.4 Å². The topological polar surface area (TPSA) is 98.5 Å². The van der Waals surface area contributed by atoms with Crippen LogP contribution in [0, 0.1) is 16.0 Å². The summed E-state index contributed by atoms with van der Waals surface area (Å²) in [5.74, 6) is 0.264. The molecular formula is C17H24N2O5. The molecule has 0 fully saturated rings. The first kappa shape index (κ1) is 19.6. The molecule has 7 heteroatoms. The monoisotopic (exact) mass is 336 g/mol. The first-order valence-electron chi connectivity index (χ1n) is 7.99. The van der Waals surface area contributed by atoms with Gasteiger partial charge in [-0.05, 0) is 31.4 Å². The van der Waals surface area contributed by atoms with Crippen molar-refractivity contribution in [3.05, 3.63) is 33.9 Å². The zero-order valence-electron chi connectivity index (χ0n) is 14.3. The Morgan fingerprint density at radius 2 is 2.04 bits per heavy atom. The molecule has 0 heterocycles. The van der Waals surface area contributed by atoms with E-state index >= 15 is 0 Å². The Morgan fingerprint density at radius 3 is 2.62 bits per heavy atom. The van der Waals surface area contributed by atoms with Crippen molar-refractivity contribution in [3.8, 4) is 5.75 Å². The molecule has 0 radical (unpaired) electrons. The van der Waals surface area contributed by atoms with Crippen molar-refractivity contribution in [2.45, 2.75) is 46.1 Å². The van der Waals surface area contributed by atoms with Crippen LogP contribution < -0.4 is 10.1 Å². The van der Waals surface area contributed by atoms with E-state index in [0.717, 1.165) is 25.3 Å². The van der Waals surface area contributed by atoms with Gasteiger partial charge in [-0.2, -0.15) is 0 Å². The quantitative estimate of drug-likeness (QED) is 0.402. The molecule has 1 rings (SSSR count). The van der Waals surface area contributed by atoms with E-state index in [4.69, 9.17) is 4.74 Å². The van der Waals surface area contributed by atoms with Crippen molar-refractivity contribution in [1.82, 2.24) is 5.32 Å². The Balaban J connectivity index is 2.52. The Hall–Kier alpha value is -2.44. The van der Waals surface area contributed by atoms with Crippen molar-refractivity contribution < 1.29 is 19.2 Å². The lowest BCUT2D eigenvalue weighted by atomic mass is 10.0. The van der Waals surface area contributed by atoms with Crippen molar-refractivity contribution in [2.24, 2.45) is 5.92 Å². The minimum Gasteiger partial charge on any atom is -0.477 e. The number of nitrogens with one attached hydrogen (secondary N) is 1. The largest absolute Gasteiger partial charge is 0.477 e. The second-order valence-electron chi connectivity index (χ2n) is 6.18. The van der Waals surface area contributed by atoms with Gasteiger partial charge in [0.15, 0.2) is 12.4 Å². The number of benzene rings is 1. The van der Waals surface area contributed by atoms with Gasteiger partial charge < -0.3 is 10.1 Å². The fourth-order valence-electron chi connectivity index (χ4n) is 2.24. The summed E-state index contributed by atoms with van der Waals surface area (Å²) in [7, 11) is 0. The van der Waals surface area contributed by atoms with Crippen LogP contribution in [0.15, 0.2) is 18.2 Å². The third kappa shape index (κ3) is 6.76. The van der Waals surface area contributed by atoms with Gasteiger partial charge >= 0.3 is 5.69 Å². The molecule has 24 heavy (non-hydrogen) atoms. The lowest BCUT2D eigenvalue weighted by molar-refractivity contribution is -0.385. The average Bonchev–Trinajstić information content (AvgIpc) is 2.52. The number of nitrogens with zero attached hydrogens (tertiary/aromatic N) is 1. The maximum atomic E-state index is 11.9. The molecule has 0 aliphatic carbocycles. The van der Waals surface area contributed by atoms with Crippen molar-refractivity contribution in [2.75, 3.05) is 6.61 Å². The van der Waals surface area contributed by atoms with Gasteiger partial charge in [-0.3, -0.25) is 19.7 Å². The van der Waals surface area contributed by atoms with Gasteiger partial charge in [-0.1, -0.05) is 26.7 Å². The molecule has 1 amide bonds. The number of amides is 1. The van der Waals surface area contributed by atoms with Crippen LogP contribution in [-0.2, 0) is 4.79 Å². The van der Waals surface area contributed by atoms with E-state index < -0.39 is 4.92 Å². The van der Waals surface area contributed by atoms with E-state index in [2.05, 4.69) is 19.2 Å². The Morgan fingerprint density at radius 1 is 1.33 bits per heavy atom. The summed E-state index contributed by atoms with van der Waals surface area (Å²) < 4.78 is 5.23. The van der Waals surface area contributed by atoms with Crippen molar-refractivity contribution in [3.63, 3.8) is 0 Å². The maximum Gasteiger partial charge on any atom is 0.311 e. The van der Waals surface area contributed by atoms with Crippen LogP contribution >= 0.6 is 0 Å². The number of hydrogen-bond donors (Lipinski definition) is 1. The Bertz CT molecular complexity index is 586. The predicted molar refractivity (Wildman–Crippen MR) is 90.3 cm³/mol. The normalized spacial score (nSPS) is 11.8. The number of nitro groups is 1. The molecule has 1 atom stereocenters. The van der Waals surface area contributed by atoms with E-state index in [9.17, 15) is 19.7 Å². The average molecular weight is 336 g/mol. The number of ether oxygens (including phenoxy) is 1. The summed E-state index contributed by atoms with van der Waals surface area (Å²) in [6, 6.07) is 3.87. The first-order valence-corrected chi connectivity index (χ1v) is 7.99. The highest BCUT2D eigenvalue weighted by Gasteiger charge is 2.17. The van der Waals surface area contributed by atoms with Gasteiger partial charge in [0.2, 0.25) is 0 Å². The number of carbonyl (C=O) groups is 2. The van der Waals surface area contributed by atoms with Gasteiger partial charge in [0.05, 0.1) is 4.92 Å².